The molecule has 2 aromatic rings. The van der Waals surface area contributed by atoms with Crippen molar-refractivity contribution in [2.45, 2.75) is 51.2 Å². The van der Waals surface area contributed by atoms with Gasteiger partial charge in [0.2, 0.25) is 0 Å². The molecule has 0 aromatic heterocycles. The van der Waals surface area contributed by atoms with Crippen LogP contribution in [0.4, 0.5) is 30.2 Å². The summed E-state index contributed by atoms with van der Waals surface area (Å²) in [5, 5.41) is 11.8. The molecule has 1 unspecified atom stereocenters. The standard InChI is InChI=1S/C21H25F3N2O2S.C2H6/c1-13-5-6-16(14(22)11-13)25-20-18(24)15(23)12-17(28-2)19(20)26-29(3)21(8-9-21)7-4-10-27;1-2/h5-6,11-12,25-27H,3-4,7-10H2,1-2H3;1-2H3. The van der Waals surface area contributed by atoms with Crippen LogP contribution in [0.2, 0.25) is 0 Å². The lowest BCUT2D eigenvalue weighted by molar-refractivity contribution is 0.283. The molecule has 2 aromatic carbocycles. The smallest absolute Gasteiger partial charge is 0.184 e. The molecule has 172 valence electrons. The van der Waals surface area contributed by atoms with Crippen molar-refractivity contribution < 1.29 is 23.0 Å². The summed E-state index contributed by atoms with van der Waals surface area (Å²) >= 11 is 0. The lowest BCUT2D eigenvalue weighted by Gasteiger charge is -2.25. The molecule has 0 heterocycles. The Bertz CT molecular complexity index is 934. The highest BCUT2D eigenvalue weighted by molar-refractivity contribution is 8.16. The van der Waals surface area contributed by atoms with Crippen LogP contribution in [0.15, 0.2) is 24.3 Å². The molecule has 0 radical (unpaired) electrons. The number of aliphatic hydroxyl groups excluding tert-OH is 1. The van der Waals surface area contributed by atoms with E-state index >= 15 is 0 Å². The molecule has 31 heavy (non-hydrogen) atoms. The van der Waals surface area contributed by atoms with E-state index in [1.807, 2.05) is 13.8 Å². The zero-order valence-electron chi connectivity index (χ0n) is 18.4. The van der Waals surface area contributed by atoms with Gasteiger partial charge in [-0.05, 0) is 50.3 Å². The molecule has 1 aliphatic rings. The zero-order valence-corrected chi connectivity index (χ0v) is 19.3. The van der Waals surface area contributed by atoms with Crippen LogP contribution in [0, 0.1) is 24.4 Å². The Kier molecular flexibility index (Phi) is 8.82. The second-order valence-corrected chi connectivity index (χ2v) is 9.09. The molecular weight excluding hydrogens is 425 g/mol. The summed E-state index contributed by atoms with van der Waals surface area (Å²) in [4.78, 5) is 0. The third kappa shape index (κ3) is 5.74. The number of hydrogen-bond donors (Lipinski definition) is 3. The van der Waals surface area contributed by atoms with Crippen molar-refractivity contribution in [1.82, 2.24) is 0 Å². The van der Waals surface area contributed by atoms with Crippen LogP contribution in [0.1, 0.15) is 45.1 Å². The van der Waals surface area contributed by atoms with Crippen LogP contribution in [0.25, 0.3) is 0 Å². The first-order valence-corrected chi connectivity index (χ1v) is 11.7. The van der Waals surface area contributed by atoms with Crippen LogP contribution in [-0.2, 0) is 0 Å². The fourth-order valence-electron chi connectivity index (χ4n) is 3.23. The van der Waals surface area contributed by atoms with E-state index in [-0.39, 0.29) is 34.2 Å². The fourth-order valence-corrected chi connectivity index (χ4v) is 4.88. The lowest BCUT2D eigenvalue weighted by atomic mass is 10.2. The quantitative estimate of drug-likeness (QED) is 0.376. The number of nitrogens with one attached hydrogen (secondary N) is 2. The van der Waals surface area contributed by atoms with Gasteiger partial charge in [-0.15, -0.1) is 0 Å². The number of aryl methyl sites for hydroxylation is 1. The summed E-state index contributed by atoms with van der Waals surface area (Å²) in [5.41, 5.74) is 0.696. The zero-order chi connectivity index (χ0) is 23.2. The minimum atomic E-state index is -1.13. The number of aliphatic hydroxyl groups is 1. The van der Waals surface area contributed by atoms with Crippen LogP contribution in [0.3, 0.4) is 0 Å². The van der Waals surface area contributed by atoms with Crippen LogP contribution >= 0.6 is 10.7 Å². The second kappa shape index (κ2) is 10.9. The number of benzene rings is 2. The summed E-state index contributed by atoms with van der Waals surface area (Å²) in [6, 6.07) is 5.41. The highest BCUT2D eigenvalue weighted by Gasteiger charge is 2.44. The van der Waals surface area contributed by atoms with Gasteiger partial charge in [0.1, 0.15) is 22.9 Å². The predicted molar refractivity (Wildman–Crippen MR) is 125 cm³/mol. The van der Waals surface area contributed by atoms with E-state index < -0.39 is 28.1 Å². The molecule has 4 nitrogen and oxygen atoms in total. The highest BCUT2D eigenvalue weighted by Crippen LogP contribution is 2.56. The van der Waals surface area contributed by atoms with Crippen molar-refractivity contribution in [3.8, 4) is 5.75 Å². The molecule has 0 bridgehead atoms. The molecule has 1 saturated carbocycles. The van der Waals surface area contributed by atoms with E-state index in [9.17, 15) is 13.2 Å². The first-order valence-electron chi connectivity index (χ1n) is 10.3. The van der Waals surface area contributed by atoms with Gasteiger partial charge in [0.25, 0.3) is 0 Å². The van der Waals surface area contributed by atoms with Gasteiger partial charge in [-0.25, -0.2) is 13.2 Å². The van der Waals surface area contributed by atoms with Crippen molar-refractivity contribution in [3.05, 3.63) is 47.3 Å². The highest BCUT2D eigenvalue weighted by atomic mass is 32.2. The fraction of sp³-hybridized carbons (Fsp3) is 0.435. The monoisotopic (exact) mass is 456 g/mol. The van der Waals surface area contributed by atoms with Gasteiger partial charge in [-0.3, -0.25) is 0 Å². The molecule has 3 N–H and O–H groups in total. The maximum absolute atomic E-state index is 14.7. The number of methoxy groups -OCH3 is 1. The maximum Gasteiger partial charge on any atom is 0.184 e. The van der Waals surface area contributed by atoms with E-state index in [4.69, 9.17) is 9.84 Å². The van der Waals surface area contributed by atoms with E-state index in [0.29, 0.717) is 12.0 Å². The maximum atomic E-state index is 14.7. The molecule has 0 aliphatic heterocycles. The SMILES string of the molecule is C=S(Nc1c(OC)cc(F)c(F)c1Nc1ccc(C)cc1F)C1(CCCO)CC1.CC. The molecular formula is C23H31F3N2O2S. The first kappa shape index (κ1) is 25.1. The average Bonchev–Trinajstić information content (AvgIpc) is 3.55. The Balaban J connectivity index is 0.00000166. The number of ether oxygens (including phenoxy) is 1. The molecule has 0 spiro atoms. The van der Waals surface area contributed by atoms with Gasteiger partial charge in [-0.1, -0.05) is 36.5 Å². The van der Waals surface area contributed by atoms with Crippen LogP contribution < -0.4 is 14.8 Å². The van der Waals surface area contributed by atoms with E-state index in [2.05, 4.69) is 15.9 Å². The van der Waals surface area contributed by atoms with Crippen LogP contribution in [0.5, 0.6) is 5.75 Å². The molecule has 3 rings (SSSR count). The third-order valence-corrected chi connectivity index (χ3v) is 7.24. The topological polar surface area (TPSA) is 53.5 Å². The largest absolute Gasteiger partial charge is 0.494 e. The molecule has 1 atom stereocenters. The van der Waals surface area contributed by atoms with Gasteiger partial charge in [-0.2, -0.15) is 0 Å². The average molecular weight is 457 g/mol. The Morgan fingerprint density at radius 2 is 1.81 bits per heavy atom. The minimum Gasteiger partial charge on any atom is -0.494 e. The van der Waals surface area contributed by atoms with Gasteiger partial charge in [0.05, 0.1) is 12.8 Å². The number of anilines is 3. The van der Waals surface area contributed by atoms with E-state index in [1.54, 1.807) is 13.0 Å². The number of hydrogen-bond acceptors (Lipinski definition) is 4. The summed E-state index contributed by atoms with van der Waals surface area (Å²) in [5.74, 6) is 1.47. The Morgan fingerprint density at radius 3 is 2.35 bits per heavy atom. The summed E-state index contributed by atoms with van der Waals surface area (Å²) in [6.07, 6.45) is 3.31. The second-order valence-electron chi connectivity index (χ2n) is 7.24. The minimum absolute atomic E-state index is 0.0237. The predicted octanol–water partition coefficient (Wildman–Crippen LogP) is 6.52. The van der Waals surface area contributed by atoms with Crippen molar-refractivity contribution in [1.29, 1.82) is 0 Å². The summed E-state index contributed by atoms with van der Waals surface area (Å²) in [7, 11) is 0.715. The van der Waals surface area contributed by atoms with Crippen molar-refractivity contribution >= 4 is 33.6 Å². The Morgan fingerprint density at radius 1 is 1.13 bits per heavy atom. The van der Waals surface area contributed by atoms with E-state index in [1.165, 1.54) is 19.2 Å². The Labute approximate surface area is 184 Å². The van der Waals surface area contributed by atoms with Gasteiger partial charge < -0.3 is 19.9 Å². The molecule has 1 fully saturated rings. The number of halogens is 3. The molecule has 0 amide bonds. The lowest BCUT2D eigenvalue weighted by Crippen LogP contribution is -2.13. The van der Waals surface area contributed by atoms with Gasteiger partial charge >= 0.3 is 0 Å². The molecule has 1 aliphatic carbocycles. The summed E-state index contributed by atoms with van der Waals surface area (Å²) in [6.45, 7) is 5.83. The first-order chi connectivity index (χ1) is 14.8. The molecule has 0 saturated heterocycles. The van der Waals surface area contributed by atoms with Crippen molar-refractivity contribution in [2.75, 3.05) is 23.8 Å². The summed E-state index contributed by atoms with van der Waals surface area (Å²) < 4.78 is 51.6. The molecule has 8 heteroatoms. The Hall–Kier alpha value is -2.19. The van der Waals surface area contributed by atoms with Crippen molar-refractivity contribution in [3.63, 3.8) is 0 Å². The third-order valence-electron chi connectivity index (χ3n) is 5.13. The van der Waals surface area contributed by atoms with E-state index in [0.717, 1.165) is 25.3 Å². The van der Waals surface area contributed by atoms with Crippen LogP contribution in [-0.4, -0.2) is 29.4 Å². The van der Waals surface area contributed by atoms with Crippen molar-refractivity contribution in [2.24, 2.45) is 0 Å². The van der Waals surface area contributed by atoms with Gasteiger partial charge in [0.15, 0.2) is 11.6 Å². The number of rotatable bonds is 9. The van der Waals surface area contributed by atoms with Gasteiger partial charge in [0, 0.05) is 17.4 Å². The normalized spacial score (nSPS) is 14.8.